The molecule has 3 aromatic carbocycles. The first-order valence-corrected chi connectivity index (χ1v) is 9.56. The molecule has 0 aliphatic rings. The predicted octanol–water partition coefficient (Wildman–Crippen LogP) is 5.59. The SMILES string of the molecule is O=C(O)Cc1ccc(NC(=O)c2cc(OCc3cccc(F)c3)ccc2Cl)c(Cl)c1. The Labute approximate surface area is 182 Å². The van der Waals surface area contributed by atoms with Crippen LogP contribution < -0.4 is 10.1 Å². The quantitative estimate of drug-likeness (QED) is 0.494. The Morgan fingerprint density at radius 2 is 1.77 bits per heavy atom. The fraction of sp³-hybridized carbons (Fsp3) is 0.0909. The van der Waals surface area contributed by atoms with E-state index < -0.39 is 11.9 Å². The summed E-state index contributed by atoms with van der Waals surface area (Å²) in [6, 6.07) is 15.2. The number of amides is 1. The van der Waals surface area contributed by atoms with Gasteiger partial charge in [0.15, 0.2) is 0 Å². The van der Waals surface area contributed by atoms with E-state index in [0.29, 0.717) is 22.6 Å². The van der Waals surface area contributed by atoms with Gasteiger partial charge < -0.3 is 15.2 Å². The number of anilines is 1. The first kappa shape index (κ1) is 21.6. The van der Waals surface area contributed by atoms with Crippen LogP contribution in [0.1, 0.15) is 21.5 Å². The van der Waals surface area contributed by atoms with Crippen LogP contribution >= 0.6 is 23.2 Å². The Kier molecular flexibility index (Phi) is 6.92. The minimum Gasteiger partial charge on any atom is -0.489 e. The van der Waals surface area contributed by atoms with Crippen LogP contribution in [0.3, 0.4) is 0 Å². The largest absolute Gasteiger partial charge is 0.489 e. The number of halogens is 3. The molecule has 30 heavy (non-hydrogen) atoms. The molecule has 1 amide bonds. The van der Waals surface area contributed by atoms with Crippen molar-refractivity contribution in [2.75, 3.05) is 5.32 Å². The fourth-order valence-electron chi connectivity index (χ4n) is 2.70. The maximum absolute atomic E-state index is 13.3. The Balaban J connectivity index is 1.72. The first-order chi connectivity index (χ1) is 14.3. The molecule has 3 aromatic rings. The maximum atomic E-state index is 13.3. The van der Waals surface area contributed by atoms with Crippen LogP contribution in [0.25, 0.3) is 0 Å². The van der Waals surface area contributed by atoms with E-state index in [-0.39, 0.29) is 34.5 Å². The lowest BCUT2D eigenvalue weighted by Crippen LogP contribution is -2.13. The normalized spacial score (nSPS) is 10.5. The molecule has 5 nitrogen and oxygen atoms in total. The molecule has 0 fully saturated rings. The van der Waals surface area contributed by atoms with E-state index in [0.717, 1.165) is 0 Å². The maximum Gasteiger partial charge on any atom is 0.307 e. The average molecular weight is 448 g/mol. The molecule has 0 aliphatic heterocycles. The number of nitrogens with one attached hydrogen (secondary N) is 1. The molecule has 0 bridgehead atoms. The summed E-state index contributed by atoms with van der Waals surface area (Å²) in [6.07, 6.45) is -0.176. The molecular formula is C22H16Cl2FNO4. The monoisotopic (exact) mass is 447 g/mol. The van der Waals surface area contributed by atoms with Crippen molar-refractivity contribution < 1.29 is 23.8 Å². The highest BCUT2D eigenvalue weighted by Gasteiger charge is 2.14. The molecule has 3 rings (SSSR count). The van der Waals surface area contributed by atoms with E-state index in [2.05, 4.69) is 5.32 Å². The molecule has 0 saturated heterocycles. The summed E-state index contributed by atoms with van der Waals surface area (Å²) < 4.78 is 18.9. The highest BCUT2D eigenvalue weighted by atomic mass is 35.5. The Hall–Kier alpha value is -3.09. The van der Waals surface area contributed by atoms with Crippen LogP contribution in [0.4, 0.5) is 10.1 Å². The van der Waals surface area contributed by atoms with Crippen LogP contribution in [-0.2, 0) is 17.8 Å². The van der Waals surface area contributed by atoms with Crippen molar-refractivity contribution in [3.63, 3.8) is 0 Å². The lowest BCUT2D eigenvalue weighted by atomic mass is 10.1. The number of carboxylic acids is 1. The van der Waals surface area contributed by atoms with Gasteiger partial charge in [0.05, 0.1) is 27.7 Å². The minimum absolute atomic E-state index is 0.122. The highest BCUT2D eigenvalue weighted by molar-refractivity contribution is 6.36. The van der Waals surface area contributed by atoms with Crippen LogP contribution in [0.2, 0.25) is 10.0 Å². The van der Waals surface area contributed by atoms with Crippen LogP contribution in [0, 0.1) is 5.82 Å². The van der Waals surface area contributed by atoms with Gasteiger partial charge in [-0.25, -0.2) is 4.39 Å². The third-order valence-corrected chi connectivity index (χ3v) is 4.76. The van der Waals surface area contributed by atoms with Gasteiger partial charge in [0.25, 0.3) is 5.91 Å². The van der Waals surface area contributed by atoms with Crippen molar-refractivity contribution in [3.05, 3.63) is 93.2 Å². The van der Waals surface area contributed by atoms with Crippen LogP contribution in [0.15, 0.2) is 60.7 Å². The van der Waals surface area contributed by atoms with Crippen molar-refractivity contribution in [2.24, 2.45) is 0 Å². The zero-order valence-electron chi connectivity index (χ0n) is 15.5. The summed E-state index contributed by atoms with van der Waals surface area (Å²) in [4.78, 5) is 23.5. The van der Waals surface area contributed by atoms with Crippen molar-refractivity contribution >= 4 is 40.8 Å². The first-order valence-electron chi connectivity index (χ1n) is 8.80. The molecule has 0 aliphatic carbocycles. The number of benzene rings is 3. The van der Waals surface area contributed by atoms with Crippen molar-refractivity contribution in [1.29, 1.82) is 0 Å². The van der Waals surface area contributed by atoms with Gasteiger partial charge in [0, 0.05) is 0 Å². The molecule has 0 saturated carbocycles. The van der Waals surface area contributed by atoms with Crippen LogP contribution in [-0.4, -0.2) is 17.0 Å². The van der Waals surface area contributed by atoms with Gasteiger partial charge in [0.2, 0.25) is 0 Å². The van der Waals surface area contributed by atoms with Gasteiger partial charge in [-0.05, 0) is 53.6 Å². The van der Waals surface area contributed by atoms with E-state index in [4.69, 9.17) is 33.0 Å². The second-order valence-electron chi connectivity index (χ2n) is 6.40. The molecule has 0 aromatic heterocycles. The molecule has 0 radical (unpaired) electrons. The molecular weight excluding hydrogens is 432 g/mol. The Morgan fingerprint density at radius 3 is 2.47 bits per heavy atom. The highest BCUT2D eigenvalue weighted by Crippen LogP contribution is 2.27. The van der Waals surface area contributed by atoms with Crippen molar-refractivity contribution in [1.82, 2.24) is 0 Å². The number of hydrogen-bond donors (Lipinski definition) is 2. The van der Waals surface area contributed by atoms with Gasteiger partial charge in [-0.2, -0.15) is 0 Å². The zero-order chi connectivity index (χ0) is 21.7. The number of carbonyl (C=O) groups is 2. The number of aliphatic carboxylic acids is 1. The fourth-order valence-corrected chi connectivity index (χ4v) is 3.15. The van der Waals surface area contributed by atoms with E-state index in [1.807, 2.05) is 0 Å². The van der Waals surface area contributed by atoms with Crippen molar-refractivity contribution in [3.8, 4) is 5.75 Å². The van der Waals surface area contributed by atoms with Gasteiger partial charge in [0.1, 0.15) is 18.2 Å². The van der Waals surface area contributed by atoms with Crippen molar-refractivity contribution in [2.45, 2.75) is 13.0 Å². The number of carboxylic acid groups (broad SMARTS) is 1. The topological polar surface area (TPSA) is 75.6 Å². The second-order valence-corrected chi connectivity index (χ2v) is 7.21. The molecule has 0 spiro atoms. The van der Waals surface area contributed by atoms with E-state index in [9.17, 15) is 14.0 Å². The molecule has 0 heterocycles. The van der Waals surface area contributed by atoms with E-state index >= 15 is 0 Å². The third kappa shape index (κ3) is 5.72. The Morgan fingerprint density at radius 1 is 0.967 bits per heavy atom. The minimum atomic E-state index is -0.982. The smallest absolute Gasteiger partial charge is 0.307 e. The second kappa shape index (κ2) is 9.61. The summed E-state index contributed by atoms with van der Waals surface area (Å²) in [5, 5.41) is 11.9. The molecule has 2 N–H and O–H groups in total. The number of ether oxygens (including phenoxy) is 1. The summed E-state index contributed by atoms with van der Waals surface area (Å²) in [5.41, 5.74) is 1.64. The summed E-state index contributed by atoms with van der Waals surface area (Å²) in [7, 11) is 0. The standard InChI is InChI=1S/C22H16Cl2FNO4/c23-18-6-5-16(30-12-14-2-1-3-15(25)8-14)11-17(18)22(29)26-20-7-4-13(9-19(20)24)10-21(27)28/h1-9,11H,10,12H2,(H,26,29)(H,27,28). The average Bonchev–Trinajstić information content (AvgIpc) is 2.69. The predicted molar refractivity (Wildman–Crippen MR) is 113 cm³/mol. The molecule has 154 valence electrons. The van der Waals surface area contributed by atoms with Gasteiger partial charge >= 0.3 is 5.97 Å². The van der Waals surface area contributed by atoms with Crippen LogP contribution in [0.5, 0.6) is 5.75 Å². The number of rotatable bonds is 7. The molecule has 0 unspecified atom stereocenters. The zero-order valence-corrected chi connectivity index (χ0v) is 17.0. The van der Waals surface area contributed by atoms with Gasteiger partial charge in [-0.15, -0.1) is 0 Å². The molecule has 0 atom stereocenters. The number of carbonyl (C=O) groups excluding carboxylic acids is 1. The number of hydrogen-bond acceptors (Lipinski definition) is 3. The summed E-state index contributed by atoms with van der Waals surface area (Å²) >= 11 is 12.3. The van der Waals surface area contributed by atoms with Gasteiger partial charge in [-0.1, -0.05) is 41.4 Å². The third-order valence-electron chi connectivity index (χ3n) is 4.11. The lowest BCUT2D eigenvalue weighted by Gasteiger charge is -2.12. The van der Waals surface area contributed by atoms with E-state index in [1.54, 1.807) is 24.3 Å². The van der Waals surface area contributed by atoms with E-state index in [1.165, 1.54) is 36.4 Å². The Bertz CT molecular complexity index is 1100. The summed E-state index contributed by atoms with van der Waals surface area (Å²) in [5.74, 6) is -1.47. The van der Waals surface area contributed by atoms with Gasteiger partial charge in [-0.3, -0.25) is 9.59 Å². The molecule has 8 heteroatoms. The lowest BCUT2D eigenvalue weighted by molar-refractivity contribution is -0.136. The summed E-state index contributed by atoms with van der Waals surface area (Å²) in [6.45, 7) is 0.122.